The van der Waals surface area contributed by atoms with Gasteiger partial charge in [-0.1, -0.05) is 27.7 Å². The fourth-order valence-corrected chi connectivity index (χ4v) is 2.08. The van der Waals surface area contributed by atoms with Crippen LogP contribution >= 0.6 is 0 Å². The second-order valence-electron chi connectivity index (χ2n) is 5.69. The van der Waals surface area contributed by atoms with E-state index in [9.17, 15) is 19.5 Å². The number of urea groups is 1. The van der Waals surface area contributed by atoms with E-state index in [1.807, 2.05) is 13.8 Å². The molecule has 0 rings (SSSR count). The van der Waals surface area contributed by atoms with E-state index in [-0.39, 0.29) is 19.0 Å². The molecule has 7 nitrogen and oxygen atoms in total. The monoisotopic (exact) mass is 301 g/mol. The highest BCUT2D eigenvalue weighted by atomic mass is 16.4. The average molecular weight is 301 g/mol. The summed E-state index contributed by atoms with van der Waals surface area (Å²) in [6.45, 7) is 7.62. The number of primary amides is 1. The molecule has 0 spiro atoms. The Morgan fingerprint density at radius 1 is 1.24 bits per heavy atom. The van der Waals surface area contributed by atoms with E-state index in [0.717, 1.165) is 0 Å². The quantitative estimate of drug-likeness (QED) is 0.590. The molecule has 0 atom stereocenters. The molecule has 0 bridgehead atoms. The number of carbonyl (C=O) groups is 3. The first-order valence-electron chi connectivity index (χ1n) is 7.23. The number of rotatable bonds is 9. The second kappa shape index (κ2) is 8.49. The Hall–Kier alpha value is -1.79. The van der Waals surface area contributed by atoms with Crippen molar-refractivity contribution in [2.45, 2.75) is 40.5 Å². The van der Waals surface area contributed by atoms with Gasteiger partial charge in [0.25, 0.3) is 0 Å². The van der Waals surface area contributed by atoms with Crippen molar-refractivity contribution in [2.24, 2.45) is 17.1 Å². The molecule has 0 aliphatic carbocycles. The van der Waals surface area contributed by atoms with Crippen LogP contribution in [0.2, 0.25) is 0 Å². The molecule has 0 heterocycles. The van der Waals surface area contributed by atoms with Crippen LogP contribution in [0.15, 0.2) is 0 Å². The van der Waals surface area contributed by atoms with Crippen molar-refractivity contribution >= 4 is 17.9 Å². The van der Waals surface area contributed by atoms with Crippen molar-refractivity contribution < 1.29 is 19.5 Å². The summed E-state index contributed by atoms with van der Waals surface area (Å²) in [5.41, 5.74) is 4.15. The molecule has 0 aromatic heterocycles. The maximum absolute atomic E-state index is 12.1. The van der Waals surface area contributed by atoms with Crippen molar-refractivity contribution in [3.63, 3.8) is 0 Å². The molecule has 0 aliphatic heterocycles. The molecule has 0 saturated carbocycles. The summed E-state index contributed by atoms with van der Waals surface area (Å²) in [5, 5.41) is 11.9. The predicted molar refractivity (Wildman–Crippen MR) is 79.7 cm³/mol. The normalized spacial score (nSPS) is 11.3. The van der Waals surface area contributed by atoms with E-state index < -0.39 is 23.3 Å². The van der Waals surface area contributed by atoms with E-state index >= 15 is 0 Å². The van der Waals surface area contributed by atoms with Gasteiger partial charge in [-0.2, -0.15) is 0 Å². The third-order valence-electron chi connectivity index (χ3n) is 3.60. The number of nitrogens with one attached hydrogen (secondary N) is 1. The van der Waals surface area contributed by atoms with Crippen LogP contribution in [0.5, 0.6) is 0 Å². The van der Waals surface area contributed by atoms with Crippen molar-refractivity contribution in [1.82, 2.24) is 10.2 Å². The van der Waals surface area contributed by atoms with Crippen LogP contribution in [-0.2, 0) is 9.59 Å². The third kappa shape index (κ3) is 6.01. The highest BCUT2D eigenvalue weighted by Crippen LogP contribution is 2.25. The van der Waals surface area contributed by atoms with Gasteiger partial charge in [0.2, 0.25) is 5.91 Å². The fourth-order valence-electron chi connectivity index (χ4n) is 2.08. The molecular formula is C14H27N3O4. The van der Waals surface area contributed by atoms with E-state index in [2.05, 4.69) is 5.32 Å². The van der Waals surface area contributed by atoms with Crippen molar-refractivity contribution in [3.05, 3.63) is 0 Å². The molecule has 4 N–H and O–H groups in total. The zero-order valence-corrected chi connectivity index (χ0v) is 13.3. The van der Waals surface area contributed by atoms with Gasteiger partial charge >= 0.3 is 12.0 Å². The van der Waals surface area contributed by atoms with Crippen LogP contribution in [0, 0.1) is 11.3 Å². The van der Waals surface area contributed by atoms with Gasteiger partial charge in [-0.05, 0) is 18.8 Å². The first kappa shape index (κ1) is 19.2. The minimum Gasteiger partial charge on any atom is -0.481 e. The Balaban J connectivity index is 4.81. The second-order valence-corrected chi connectivity index (χ2v) is 5.69. The molecule has 0 fully saturated rings. The molecule has 0 saturated heterocycles. The lowest BCUT2D eigenvalue weighted by Gasteiger charge is -2.29. The molecule has 0 aromatic rings. The van der Waals surface area contributed by atoms with E-state index in [0.29, 0.717) is 19.4 Å². The Kier molecular flexibility index (Phi) is 7.76. The van der Waals surface area contributed by atoms with Gasteiger partial charge in [0.05, 0.1) is 5.41 Å². The Morgan fingerprint density at radius 3 is 2.10 bits per heavy atom. The van der Waals surface area contributed by atoms with Gasteiger partial charge in [-0.15, -0.1) is 0 Å². The number of carboxylic acid groups (broad SMARTS) is 1. The SMILES string of the molecule is CCC(CC)(CNC(=O)N(CC(N)=O)CC(C)C)C(=O)O. The number of aliphatic carboxylic acids is 1. The average Bonchev–Trinajstić information content (AvgIpc) is 2.38. The summed E-state index contributed by atoms with van der Waals surface area (Å²) in [6.07, 6.45) is 0.832. The summed E-state index contributed by atoms with van der Waals surface area (Å²) in [6, 6.07) is -0.463. The van der Waals surface area contributed by atoms with E-state index in [1.54, 1.807) is 13.8 Å². The standard InChI is InChI=1S/C14H27N3O4/c1-5-14(6-2,12(19)20)9-16-13(21)17(7-10(3)4)8-11(15)18/h10H,5-9H2,1-4H3,(H2,15,18)(H,16,21)(H,19,20). The van der Waals surface area contributed by atoms with Crippen molar-refractivity contribution in [1.29, 1.82) is 0 Å². The molecule has 21 heavy (non-hydrogen) atoms. The predicted octanol–water partition coefficient (Wildman–Crippen LogP) is 1.03. The Morgan fingerprint density at radius 2 is 1.76 bits per heavy atom. The van der Waals surface area contributed by atoms with Gasteiger partial charge in [-0.3, -0.25) is 9.59 Å². The summed E-state index contributed by atoms with van der Waals surface area (Å²) in [4.78, 5) is 35.8. The first-order valence-corrected chi connectivity index (χ1v) is 7.23. The molecule has 0 aliphatic rings. The highest BCUT2D eigenvalue weighted by Gasteiger charge is 2.35. The van der Waals surface area contributed by atoms with Gasteiger partial charge in [0.1, 0.15) is 6.54 Å². The van der Waals surface area contributed by atoms with Crippen LogP contribution in [-0.4, -0.2) is 47.5 Å². The third-order valence-corrected chi connectivity index (χ3v) is 3.60. The van der Waals surface area contributed by atoms with Crippen LogP contribution in [0.25, 0.3) is 0 Å². The van der Waals surface area contributed by atoms with E-state index in [1.165, 1.54) is 4.90 Å². The lowest BCUT2D eigenvalue weighted by atomic mass is 9.82. The summed E-state index contributed by atoms with van der Waals surface area (Å²) < 4.78 is 0. The minimum absolute atomic E-state index is 0.0293. The van der Waals surface area contributed by atoms with Crippen LogP contribution in [0.3, 0.4) is 0 Å². The molecule has 122 valence electrons. The lowest BCUT2D eigenvalue weighted by Crippen LogP contribution is -2.50. The van der Waals surface area contributed by atoms with Gasteiger partial charge < -0.3 is 21.1 Å². The molecular weight excluding hydrogens is 274 g/mol. The molecule has 0 radical (unpaired) electrons. The zero-order chi connectivity index (χ0) is 16.6. The maximum Gasteiger partial charge on any atom is 0.317 e. The number of carboxylic acids is 1. The first-order chi connectivity index (χ1) is 9.68. The molecule has 3 amide bonds. The topological polar surface area (TPSA) is 113 Å². The van der Waals surface area contributed by atoms with Crippen molar-refractivity contribution in [2.75, 3.05) is 19.6 Å². The van der Waals surface area contributed by atoms with Crippen LogP contribution in [0.4, 0.5) is 4.79 Å². The zero-order valence-electron chi connectivity index (χ0n) is 13.3. The van der Waals surface area contributed by atoms with Gasteiger partial charge in [0.15, 0.2) is 0 Å². The molecule has 0 aromatic carbocycles. The molecule has 0 unspecified atom stereocenters. The maximum atomic E-state index is 12.1. The number of nitrogens with two attached hydrogens (primary N) is 1. The van der Waals surface area contributed by atoms with Crippen LogP contribution < -0.4 is 11.1 Å². The van der Waals surface area contributed by atoms with E-state index in [4.69, 9.17) is 5.73 Å². The van der Waals surface area contributed by atoms with Gasteiger partial charge in [0, 0.05) is 13.1 Å². The number of amides is 3. The van der Waals surface area contributed by atoms with Gasteiger partial charge in [-0.25, -0.2) is 4.79 Å². The summed E-state index contributed by atoms with van der Waals surface area (Å²) in [5.74, 6) is -1.35. The van der Waals surface area contributed by atoms with Crippen molar-refractivity contribution in [3.8, 4) is 0 Å². The Labute approximate surface area is 125 Å². The number of carbonyl (C=O) groups excluding carboxylic acids is 2. The Bertz CT molecular complexity index is 378. The largest absolute Gasteiger partial charge is 0.481 e. The lowest BCUT2D eigenvalue weighted by molar-refractivity contribution is -0.149. The fraction of sp³-hybridized carbons (Fsp3) is 0.786. The summed E-state index contributed by atoms with van der Waals surface area (Å²) >= 11 is 0. The smallest absolute Gasteiger partial charge is 0.317 e. The van der Waals surface area contributed by atoms with Crippen LogP contribution in [0.1, 0.15) is 40.5 Å². The number of hydrogen-bond acceptors (Lipinski definition) is 3. The molecule has 7 heteroatoms. The highest BCUT2D eigenvalue weighted by molar-refractivity contribution is 5.83. The number of hydrogen-bond donors (Lipinski definition) is 3. The summed E-state index contributed by atoms with van der Waals surface area (Å²) in [7, 11) is 0. The minimum atomic E-state index is -0.980. The number of nitrogens with zero attached hydrogens (tertiary/aromatic N) is 1.